The molecule has 0 aromatic heterocycles. The molecule has 4 rings (SSSR count). The number of carbonyl (C=O) groups is 3. The standard InChI is InChI=1S/C23H23BrClFN2O3.C2HF3O2/c1-22(2,3)10-16-23(13-8-7-11(24)9-15(13)27-21(23)31)17(19(28-16)20(29)30)12-5-4-6-14(25)18(12)26;3-2(4,5)1(6)7/h4-9,16-17,19,28H,10H2,1-3H3,(H,27,31)(H,29,30);(H,6,7)/t16-,17+,19+,23?;/m0./s1. The van der Waals surface area contributed by atoms with Crippen LogP contribution in [0.2, 0.25) is 5.02 Å². The van der Waals surface area contributed by atoms with Crippen LogP contribution in [-0.2, 0) is 19.8 Å². The highest BCUT2D eigenvalue weighted by atomic mass is 79.9. The maximum absolute atomic E-state index is 15.3. The predicted octanol–water partition coefficient (Wildman–Crippen LogP) is 5.71. The fraction of sp³-hybridized carbons (Fsp3) is 0.400. The molecule has 2 heterocycles. The maximum Gasteiger partial charge on any atom is 0.490 e. The van der Waals surface area contributed by atoms with Gasteiger partial charge in [-0.25, -0.2) is 9.18 Å². The number of rotatable bonds is 3. The van der Waals surface area contributed by atoms with Crippen molar-refractivity contribution in [3.05, 3.63) is 62.8 Å². The van der Waals surface area contributed by atoms with E-state index in [4.69, 9.17) is 21.5 Å². The fourth-order valence-corrected chi connectivity index (χ4v) is 5.68. The maximum atomic E-state index is 15.3. The van der Waals surface area contributed by atoms with Crippen LogP contribution in [0.1, 0.15) is 44.2 Å². The zero-order valence-corrected chi connectivity index (χ0v) is 22.6. The lowest BCUT2D eigenvalue weighted by molar-refractivity contribution is -0.192. The molecule has 206 valence electrons. The highest BCUT2D eigenvalue weighted by Crippen LogP contribution is 2.57. The molecule has 1 fully saturated rings. The highest BCUT2D eigenvalue weighted by Gasteiger charge is 2.66. The lowest BCUT2D eigenvalue weighted by atomic mass is 9.62. The molecule has 38 heavy (non-hydrogen) atoms. The van der Waals surface area contributed by atoms with Crippen molar-refractivity contribution in [1.82, 2.24) is 5.32 Å². The number of nitrogens with one attached hydrogen (secondary N) is 2. The average molecular weight is 624 g/mol. The first-order valence-corrected chi connectivity index (χ1v) is 12.4. The van der Waals surface area contributed by atoms with Crippen LogP contribution in [0.5, 0.6) is 0 Å². The molecule has 2 aliphatic rings. The van der Waals surface area contributed by atoms with Crippen molar-refractivity contribution in [2.75, 3.05) is 5.32 Å². The van der Waals surface area contributed by atoms with Crippen LogP contribution in [0.4, 0.5) is 23.2 Å². The Morgan fingerprint density at radius 2 is 1.74 bits per heavy atom. The summed E-state index contributed by atoms with van der Waals surface area (Å²) < 4.78 is 47.8. The second-order valence-corrected chi connectivity index (χ2v) is 11.6. The Labute approximate surface area is 228 Å². The van der Waals surface area contributed by atoms with Crippen LogP contribution < -0.4 is 10.6 Å². The number of carboxylic acid groups (broad SMARTS) is 2. The summed E-state index contributed by atoms with van der Waals surface area (Å²) in [5, 5.41) is 23.2. The van der Waals surface area contributed by atoms with E-state index in [-0.39, 0.29) is 21.9 Å². The Morgan fingerprint density at radius 1 is 1.13 bits per heavy atom. The van der Waals surface area contributed by atoms with Crippen molar-refractivity contribution in [2.45, 2.75) is 56.8 Å². The molecule has 1 amide bonds. The lowest BCUT2D eigenvalue weighted by Crippen LogP contribution is -2.49. The van der Waals surface area contributed by atoms with Gasteiger partial charge in [-0.1, -0.05) is 66.5 Å². The second kappa shape index (κ2) is 10.5. The van der Waals surface area contributed by atoms with E-state index in [1.54, 1.807) is 12.1 Å². The summed E-state index contributed by atoms with van der Waals surface area (Å²) in [5.74, 6) is -5.92. The topological polar surface area (TPSA) is 116 Å². The molecule has 4 atom stereocenters. The number of alkyl halides is 3. The Kier molecular flexibility index (Phi) is 8.22. The molecule has 1 saturated heterocycles. The highest BCUT2D eigenvalue weighted by molar-refractivity contribution is 9.10. The number of carbonyl (C=O) groups excluding carboxylic acids is 1. The zero-order valence-electron chi connectivity index (χ0n) is 20.3. The predicted molar refractivity (Wildman–Crippen MR) is 135 cm³/mol. The third-order valence-electron chi connectivity index (χ3n) is 6.45. The van der Waals surface area contributed by atoms with E-state index >= 15 is 4.39 Å². The van der Waals surface area contributed by atoms with Crippen molar-refractivity contribution >= 4 is 51.1 Å². The van der Waals surface area contributed by atoms with Crippen LogP contribution >= 0.6 is 27.5 Å². The molecule has 2 aromatic carbocycles. The first-order chi connectivity index (χ1) is 17.4. The number of hydrogen-bond acceptors (Lipinski definition) is 4. The summed E-state index contributed by atoms with van der Waals surface area (Å²) in [6, 6.07) is 8.24. The molecule has 0 saturated carbocycles. The fourth-order valence-electron chi connectivity index (χ4n) is 5.14. The van der Waals surface area contributed by atoms with Gasteiger partial charge in [0.25, 0.3) is 0 Å². The van der Waals surface area contributed by atoms with Gasteiger partial charge in [0.1, 0.15) is 17.3 Å². The van der Waals surface area contributed by atoms with Crippen molar-refractivity contribution in [3.8, 4) is 0 Å². The van der Waals surface area contributed by atoms with Gasteiger partial charge in [-0.15, -0.1) is 0 Å². The van der Waals surface area contributed by atoms with Crippen molar-refractivity contribution in [2.24, 2.45) is 5.41 Å². The number of hydrogen-bond donors (Lipinski definition) is 4. The van der Waals surface area contributed by atoms with Gasteiger partial charge in [-0.2, -0.15) is 13.2 Å². The van der Waals surface area contributed by atoms with Crippen molar-refractivity contribution < 1.29 is 42.2 Å². The summed E-state index contributed by atoms with van der Waals surface area (Å²) in [6.07, 6.45) is -4.57. The normalized spacial score (nSPS) is 24.4. The summed E-state index contributed by atoms with van der Waals surface area (Å²) in [4.78, 5) is 34.9. The molecule has 7 nitrogen and oxygen atoms in total. The first-order valence-electron chi connectivity index (χ1n) is 11.3. The third kappa shape index (κ3) is 5.52. The molecule has 0 bridgehead atoms. The van der Waals surface area contributed by atoms with Gasteiger partial charge in [-0.05, 0) is 41.2 Å². The number of benzene rings is 2. The van der Waals surface area contributed by atoms with Crippen molar-refractivity contribution in [3.63, 3.8) is 0 Å². The largest absolute Gasteiger partial charge is 0.490 e. The van der Waals surface area contributed by atoms with Crippen LogP contribution in [0, 0.1) is 11.2 Å². The lowest BCUT2D eigenvalue weighted by Gasteiger charge is -2.37. The quantitative estimate of drug-likeness (QED) is 0.326. The number of anilines is 1. The summed E-state index contributed by atoms with van der Waals surface area (Å²) in [7, 11) is 0. The smallest absolute Gasteiger partial charge is 0.480 e. The zero-order chi connectivity index (χ0) is 28.8. The van der Waals surface area contributed by atoms with Gasteiger partial charge < -0.3 is 15.5 Å². The molecular formula is C25H24BrClF4N2O5. The Balaban J connectivity index is 0.000000505. The third-order valence-corrected chi connectivity index (χ3v) is 7.23. The Morgan fingerprint density at radius 3 is 2.26 bits per heavy atom. The van der Waals surface area contributed by atoms with Gasteiger partial charge in [0.05, 0.1) is 5.02 Å². The van der Waals surface area contributed by atoms with Gasteiger partial charge in [-0.3, -0.25) is 14.9 Å². The number of fused-ring (bicyclic) bond motifs is 2. The minimum Gasteiger partial charge on any atom is -0.480 e. The van der Waals surface area contributed by atoms with E-state index in [0.717, 1.165) is 4.47 Å². The monoisotopic (exact) mass is 622 g/mol. The van der Waals surface area contributed by atoms with Crippen LogP contribution in [0.25, 0.3) is 0 Å². The van der Waals surface area contributed by atoms with E-state index in [1.807, 2.05) is 32.9 Å². The van der Waals surface area contributed by atoms with Gasteiger partial charge >= 0.3 is 18.1 Å². The molecule has 1 unspecified atom stereocenters. The number of carboxylic acids is 2. The molecule has 4 N–H and O–H groups in total. The molecule has 13 heteroatoms. The Bertz CT molecular complexity index is 1280. The molecule has 0 aliphatic carbocycles. The van der Waals surface area contributed by atoms with Crippen LogP contribution in [-0.4, -0.2) is 46.3 Å². The van der Waals surface area contributed by atoms with E-state index in [2.05, 4.69) is 26.6 Å². The van der Waals surface area contributed by atoms with E-state index in [0.29, 0.717) is 17.7 Å². The summed E-state index contributed by atoms with van der Waals surface area (Å²) in [5.41, 5.74) is -0.143. The summed E-state index contributed by atoms with van der Waals surface area (Å²) >= 11 is 9.49. The van der Waals surface area contributed by atoms with Gasteiger partial charge in [0.15, 0.2) is 0 Å². The van der Waals surface area contributed by atoms with E-state index in [9.17, 15) is 27.9 Å². The van der Waals surface area contributed by atoms with E-state index in [1.165, 1.54) is 12.1 Å². The summed E-state index contributed by atoms with van der Waals surface area (Å²) in [6.45, 7) is 6.09. The minimum atomic E-state index is -5.08. The molecular weight excluding hydrogens is 600 g/mol. The van der Waals surface area contributed by atoms with Gasteiger partial charge in [0, 0.05) is 22.1 Å². The number of aliphatic carboxylic acids is 2. The number of halogens is 6. The molecule has 2 aromatic rings. The SMILES string of the molecule is CC(C)(C)C[C@@H]1N[C@@H](C(=O)O)[C@@H](c2cccc(Cl)c2F)C12C(=O)Nc1cc(Br)ccc12.O=C(O)C(F)(F)F. The first kappa shape index (κ1) is 29.9. The number of amides is 1. The van der Waals surface area contributed by atoms with E-state index < -0.39 is 47.3 Å². The molecule has 0 radical (unpaired) electrons. The minimum absolute atomic E-state index is 0.106. The average Bonchev–Trinajstić information content (AvgIpc) is 3.24. The van der Waals surface area contributed by atoms with Gasteiger partial charge in [0.2, 0.25) is 5.91 Å². The molecule has 1 spiro atoms. The van der Waals surface area contributed by atoms with Crippen LogP contribution in [0.3, 0.4) is 0 Å². The Hall–Kier alpha value is -2.70. The van der Waals surface area contributed by atoms with Crippen molar-refractivity contribution in [1.29, 1.82) is 0 Å². The second-order valence-electron chi connectivity index (χ2n) is 10.2. The van der Waals surface area contributed by atoms with Crippen LogP contribution in [0.15, 0.2) is 40.9 Å². The molecule has 2 aliphatic heterocycles.